The van der Waals surface area contributed by atoms with Crippen LogP contribution >= 0.6 is 0 Å². The maximum absolute atomic E-state index is 13.1. The molecule has 0 aromatic heterocycles. The molecular weight excluding hydrogens is 203 g/mol. The molecule has 0 atom stereocenters. The Labute approximate surface area is 84.2 Å². The van der Waals surface area contributed by atoms with Crippen molar-refractivity contribution in [1.29, 1.82) is 0 Å². The van der Waals surface area contributed by atoms with Crippen molar-refractivity contribution in [2.75, 3.05) is 5.43 Å². The van der Waals surface area contributed by atoms with Crippen molar-refractivity contribution in [1.82, 2.24) is 0 Å². The summed E-state index contributed by atoms with van der Waals surface area (Å²) in [6.07, 6.45) is 1.29. The number of carboxylic acid groups (broad SMARTS) is 1. The first-order valence-corrected chi connectivity index (χ1v) is 3.91. The molecule has 0 aliphatic heterocycles. The van der Waals surface area contributed by atoms with Crippen LogP contribution in [0, 0.1) is 5.82 Å². The SMILES string of the molecule is O=C/C=N/Nc1cccc(F)c1C(=O)O. The number of carbonyl (C=O) groups excluding carboxylic acids is 1. The third-order valence-corrected chi connectivity index (χ3v) is 1.55. The molecule has 15 heavy (non-hydrogen) atoms. The van der Waals surface area contributed by atoms with E-state index in [9.17, 15) is 14.0 Å². The first-order valence-electron chi connectivity index (χ1n) is 3.91. The van der Waals surface area contributed by atoms with Crippen molar-refractivity contribution >= 4 is 24.2 Å². The van der Waals surface area contributed by atoms with Crippen LogP contribution in [-0.4, -0.2) is 23.6 Å². The summed E-state index contributed by atoms with van der Waals surface area (Å²) in [6, 6.07) is 3.70. The van der Waals surface area contributed by atoms with E-state index in [0.29, 0.717) is 6.29 Å². The fraction of sp³-hybridized carbons (Fsp3) is 0. The summed E-state index contributed by atoms with van der Waals surface area (Å²) in [4.78, 5) is 20.6. The molecule has 1 rings (SSSR count). The molecular formula is C9H7FN2O3. The molecule has 0 unspecified atom stereocenters. The fourth-order valence-electron chi connectivity index (χ4n) is 0.972. The van der Waals surface area contributed by atoms with Crippen molar-refractivity contribution < 1.29 is 19.1 Å². The minimum atomic E-state index is -1.41. The van der Waals surface area contributed by atoms with Crippen molar-refractivity contribution in [2.45, 2.75) is 0 Å². The third kappa shape index (κ3) is 2.60. The van der Waals surface area contributed by atoms with Crippen LogP contribution in [0.25, 0.3) is 0 Å². The molecule has 0 aliphatic rings. The zero-order valence-corrected chi connectivity index (χ0v) is 7.48. The van der Waals surface area contributed by atoms with Gasteiger partial charge in [0.05, 0.1) is 11.9 Å². The van der Waals surface area contributed by atoms with Crippen LogP contribution in [0.15, 0.2) is 23.3 Å². The van der Waals surface area contributed by atoms with Crippen LogP contribution in [0.1, 0.15) is 10.4 Å². The second-order valence-electron chi connectivity index (χ2n) is 2.49. The molecule has 6 heteroatoms. The standard InChI is InChI=1S/C9H7FN2O3/c10-6-2-1-3-7(8(6)9(14)15)12-11-4-5-13/h1-5,12H,(H,14,15)/b11-4+. The van der Waals surface area contributed by atoms with Gasteiger partial charge in [-0.1, -0.05) is 6.07 Å². The van der Waals surface area contributed by atoms with E-state index in [1.54, 1.807) is 0 Å². The lowest BCUT2D eigenvalue weighted by Crippen LogP contribution is -2.05. The molecule has 0 fully saturated rings. The van der Waals surface area contributed by atoms with E-state index >= 15 is 0 Å². The van der Waals surface area contributed by atoms with Crippen LogP contribution in [0.4, 0.5) is 10.1 Å². The first-order chi connectivity index (χ1) is 7.16. The lowest BCUT2D eigenvalue weighted by molar-refractivity contribution is -0.102. The minimum absolute atomic E-state index is 0.0133. The topological polar surface area (TPSA) is 78.8 Å². The molecule has 2 N–H and O–H groups in total. The number of carbonyl (C=O) groups is 2. The Balaban J connectivity index is 3.06. The van der Waals surface area contributed by atoms with Gasteiger partial charge in [0.15, 0.2) is 6.29 Å². The average Bonchev–Trinajstić information content (AvgIpc) is 2.17. The van der Waals surface area contributed by atoms with E-state index in [0.717, 1.165) is 12.3 Å². The number of hydrazone groups is 1. The second-order valence-corrected chi connectivity index (χ2v) is 2.49. The number of hydrogen-bond donors (Lipinski definition) is 2. The fourth-order valence-corrected chi connectivity index (χ4v) is 0.972. The highest BCUT2D eigenvalue weighted by Gasteiger charge is 2.14. The van der Waals surface area contributed by atoms with Crippen LogP contribution < -0.4 is 5.43 Å². The molecule has 0 heterocycles. The van der Waals surface area contributed by atoms with Crippen molar-refractivity contribution in [3.63, 3.8) is 0 Å². The number of hydrogen-bond acceptors (Lipinski definition) is 4. The average molecular weight is 210 g/mol. The molecule has 1 aromatic rings. The van der Waals surface area contributed by atoms with Gasteiger partial charge in [-0.3, -0.25) is 10.2 Å². The molecule has 0 spiro atoms. The van der Waals surface area contributed by atoms with Gasteiger partial charge in [-0.05, 0) is 12.1 Å². The number of benzene rings is 1. The number of carboxylic acids is 1. The Morgan fingerprint density at radius 3 is 2.87 bits per heavy atom. The van der Waals surface area contributed by atoms with Gasteiger partial charge >= 0.3 is 5.97 Å². The molecule has 0 amide bonds. The summed E-state index contributed by atoms with van der Waals surface area (Å²) in [5.41, 5.74) is 1.73. The quantitative estimate of drug-likeness (QED) is 0.443. The Kier molecular flexibility index (Phi) is 3.50. The Morgan fingerprint density at radius 2 is 2.27 bits per heavy atom. The predicted molar refractivity (Wildman–Crippen MR) is 51.5 cm³/mol. The highest BCUT2D eigenvalue weighted by atomic mass is 19.1. The van der Waals surface area contributed by atoms with Crippen LogP contribution in [0.5, 0.6) is 0 Å². The Morgan fingerprint density at radius 1 is 1.53 bits per heavy atom. The first kappa shape index (κ1) is 10.8. The van der Waals surface area contributed by atoms with Gasteiger partial charge in [0.1, 0.15) is 11.4 Å². The zero-order chi connectivity index (χ0) is 11.3. The van der Waals surface area contributed by atoms with E-state index in [4.69, 9.17) is 5.11 Å². The molecule has 0 radical (unpaired) electrons. The monoisotopic (exact) mass is 210 g/mol. The van der Waals surface area contributed by atoms with Gasteiger partial charge in [0.25, 0.3) is 0 Å². The van der Waals surface area contributed by atoms with E-state index < -0.39 is 17.3 Å². The van der Waals surface area contributed by atoms with Gasteiger partial charge in [0, 0.05) is 0 Å². The van der Waals surface area contributed by atoms with E-state index in [1.807, 2.05) is 0 Å². The summed E-state index contributed by atoms with van der Waals surface area (Å²) in [5.74, 6) is -2.27. The van der Waals surface area contributed by atoms with Gasteiger partial charge in [-0.15, -0.1) is 0 Å². The molecule has 0 saturated heterocycles. The van der Waals surface area contributed by atoms with Crippen LogP contribution in [0.2, 0.25) is 0 Å². The van der Waals surface area contributed by atoms with Crippen molar-refractivity contribution in [3.8, 4) is 0 Å². The van der Waals surface area contributed by atoms with Crippen molar-refractivity contribution in [2.24, 2.45) is 5.10 Å². The van der Waals surface area contributed by atoms with Gasteiger partial charge in [-0.2, -0.15) is 5.10 Å². The molecule has 0 saturated carbocycles. The van der Waals surface area contributed by atoms with Gasteiger partial charge < -0.3 is 5.11 Å². The largest absolute Gasteiger partial charge is 0.478 e. The normalized spacial score (nSPS) is 10.2. The van der Waals surface area contributed by atoms with E-state index in [1.165, 1.54) is 12.1 Å². The van der Waals surface area contributed by atoms with Gasteiger partial charge in [-0.25, -0.2) is 9.18 Å². The maximum Gasteiger partial charge on any atom is 0.340 e. The van der Waals surface area contributed by atoms with E-state index in [-0.39, 0.29) is 5.69 Å². The lowest BCUT2D eigenvalue weighted by atomic mass is 10.2. The lowest BCUT2D eigenvalue weighted by Gasteiger charge is -2.04. The maximum atomic E-state index is 13.1. The number of aromatic carboxylic acids is 1. The van der Waals surface area contributed by atoms with Crippen molar-refractivity contribution in [3.05, 3.63) is 29.6 Å². The number of rotatable bonds is 4. The summed E-state index contributed by atoms with van der Waals surface area (Å²) in [6.45, 7) is 0. The zero-order valence-electron chi connectivity index (χ0n) is 7.48. The molecule has 5 nitrogen and oxygen atoms in total. The molecule has 1 aromatic carbocycles. The predicted octanol–water partition coefficient (Wildman–Crippen LogP) is 1.12. The minimum Gasteiger partial charge on any atom is -0.478 e. The molecule has 78 valence electrons. The summed E-state index contributed by atoms with van der Waals surface area (Å²) >= 11 is 0. The summed E-state index contributed by atoms with van der Waals surface area (Å²) in [7, 11) is 0. The second kappa shape index (κ2) is 4.85. The number of anilines is 1. The molecule has 0 aliphatic carbocycles. The third-order valence-electron chi connectivity index (χ3n) is 1.55. The highest BCUT2D eigenvalue weighted by Crippen LogP contribution is 2.18. The smallest absolute Gasteiger partial charge is 0.340 e. The highest BCUT2D eigenvalue weighted by molar-refractivity contribution is 6.13. The number of nitrogens with one attached hydrogen (secondary N) is 1. The van der Waals surface area contributed by atoms with Crippen LogP contribution in [0.3, 0.4) is 0 Å². The Hall–Kier alpha value is -2.24. The summed E-state index contributed by atoms with van der Waals surface area (Å²) in [5, 5.41) is 12.1. The Bertz CT molecular complexity index is 418. The van der Waals surface area contributed by atoms with Gasteiger partial charge in [0.2, 0.25) is 0 Å². The summed E-state index contributed by atoms with van der Waals surface area (Å²) < 4.78 is 13.1. The number of nitrogens with zero attached hydrogens (tertiary/aromatic N) is 1. The number of halogens is 1. The van der Waals surface area contributed by atoms with E-state index in [2.05, 4.69) is 10.5 Å². The number of aldehydes is 1. The molecule has 0 bridgehead atoms. The van der Waals surface area contributed by atoms with Crippen LogP contribution in [-0.2, 0) is 4.79 Å².